The molecule has 0 bridgehead atoms. The maximum absolute atomic E-state index is 12.0. The van der Waals surface area contributed by atoms with E-state index in [9.17, 15) is 9.59 Å². The van der Waals surface area contributed by atoms with Gasteiger partial charge in [-0.1, -0.05) is 41.9 Å². The number of halogens is 1. The molecule has 1 atom stereocenters. The molecule has 0 aliphatic heterocycles. The number of primary amides is 1. The lowest BCUT2D eigenvalue weighted by Gasteiger charge is -2.16. The van der Waals surface area contributed by atoms with Gasteiger partial charge < -0.3 is 15.8 Å². The number of amides is 2. The summed E-state index contributed by atoms with van der Waals surface area (Å²) in [5.74, 6) is -0.127. The van der Waals surface area contributed by atoms with Gasteiger partial charge in [0, 0.05) is 11.4 Å². The first kappa shape index (κ1) is 18.8. The van der Waals surface area contributed by atoms with E-state index in [-0.39, 0.29) is 12.3 Å². The second-order valence-corrected chi connectivity index (χ2v) is 6.08. The summed E-state index contributed by atoms with van der Waals surface area (Å²) in [5, 5.41) is 3.35. The largest absolute Gasteiger partial charge is 0.494 e. The summed E-state index contributed by atoms with van der Waals surface area (Å²) in [6.07, 6.45) is 0.761. The van der Waals surface area contributed by atoms with Crippen LogP contribution < -0.4 is 15.8 Å². The smallest absolute Gasteiger partial charge is 0.244 e. The number of carbonyl (C=O) groups excluding carboxylic acids is 2. The lowest BCUT2D eigenvalue weighted by atomic mass is 10.1. The van der Waals surface area contributed by atoms with Crippen LogP contribution in [0.5, 0.6) is 5.75 Å². The topological polar surface area (TPSA) is 81.4 Å². The third-order valence-electron chi connectivity index (χ3n) is 3.67. The molecule has 5 nitrogen and oxygen atoms in total. The van der Waals surface area contributed by atoms with Crippen molar-refractivity contribution in [3.63, 3.8) is 0 Å². The molecule has 0 radical (unpaired) electrons. The highest BCUT2D eigenvalue weighted by Crippen LogP contribution is 2.21. The second kappa shape index (κ2) is 9.08. The lowest BCUT2D eigenvalue weighted by Crippen LogP contribution is -2.37. The lowest BCUT2D eigenvalue weighted by molar-refractivity contribution is -0.127. The van der Waals surface area contributed by atoms with Crippen molar-refractivity contribution in [3.05, 3.63) is 64.7 Å². The molecular weight excluding hydrogens is 340 g/mol. The van der Waals surface area contributed by atoms with Crippen molar-refractivity contribution >= 4 is 23.4 Å². The summed E-state index contributed by atoms with van der Waals surface area (Å²) >= 11 is 5.96. The number of aryl methyl sites for hydroxylation is 1. The summed E-state index contributed by atoms with van der Waals surface area (Å²) in [4.78, 5) is 23.6. The Balaban J connectivity index is 1.79. The maximum Gasteiger partial charge on any atom is 0.244 e. The first-order valence-electron chi connectivity index (χ1n) is 8.00. The number of hydrogen-bond acceptors (Lipinski definition) is 3. The zero-order valence-electron chi connectivity index (χ0n) is 14.0. The maximum atomic E-state index is 12.0. The van der Waals surface area contributed by atoms with Crippen LogP contribution in [0, 0.1) is 6.92 Å². The van der Waals surface area contributed by atoms with Crippen molar-refractivity contribution in [3.8, 4) is 5.75 Å². The van der Waals surface area contributed by atoms with Crippen LogP contribution in [0.3, 0.4) is 0 Å². The van der Waals surface area contributed by atoms with Gasteiger partial charge in [-0.25, -0.2) is 0 Å². The summed E-state index contributed by atoms with van der Waals surface area (Å²) < 4.78 is 5.60. The van der Waals surface area contributed by atoms with Crippen LogP contribution in [0.4, 0.5) is 0 Å². The summed E-state index contributed by atoms with van der Waals surface area (Å²) in [5.41, 5.74) is 6.98. The van der Waals surface area contributed by atoms with Crippen LogP contribution in [-0.2, 0) is 9.59 Å². The molecule has 0 aliphatic rings. The van der Waals surface area contributed by atoms with Gasteiger partial charge in [0.1, 0.15) is 11.8 Å². The quantitative estimate of drug-likeness (QED) is 0.709. The first-order valence-corrected chi connectivity index (χ1v) is 8.37. The molecule has 25 heavy (non-hydrogen) atoms. The second-order valence-electron chi connectivity index (χ2n) is 5.68. The molecule has 3 N–H and O–H groups in total. The first-order chi connectivity index (χ1) is 12.0. The summed E-state index contributed by atoms with van der Waals surface area (Å²) in [6, 6.07) is 13.5. The predicted octanol–water partition coefficient (Wildman–Crippen LogP) is 3.15. The van der Waals surface area contributed by atoms with Crippen LogP contribution in [0.25, 0.3) is 0 Å². The average Bonchev–Trinajstić information content (AvgIpc) is 2.60. The van der Waals surface area contributed by atoms with Crippen molar-refractivity contribution in [1.29, 1.82) is 0 Å². The normalized spacial score (nSPS) is 11.6. The fraction of sp³-hybridized carbons (Fsp3) is 0.263. The molecule has 0 heterocycles. The van der Waals surface area contributed by atoms with E-state index in [2.05, 4.69) is 5.32 Å². The van der Waals surface area contributed by atoms with Crippen LogP contribution in [0.1, 0.15) is 30.0 Å². The van der Waals surface area contributed by atoms with Crippen LogP contribution in [0.15, 0.2) is 48.5 Å². The van der Waals surface area contributed by atoms with Gasteiger partial charge in [0.05, 0.1) is 6.61 Å². The Morgan fingerprint density at radius 3 is 2.56 bits per heavy atom. The molecular formula is C19H21ClN2O3. The molecule has 2 aromatic rings. The molecule has 2 rings (SSSR count). The van der Waals surface area contributed by atoms with Crippen molar-refractivity contribution < 1.29 is 14.3 Å². The Morgan fingerprint density at radius 1 is 1.20 bits per heavy atom. The van der Waals surface area contributed by atoms with Crippen molar-refractivity contribution in [2.45, 2.75) is 25.8 Å². The van der Waals surface area contributed by atoms with Gasteiger partial charge in [0.2, 0.25) is 11.8 Å². The van der Waals surface area contributed by atoms with E-state index in [1.54, 1.807) is 36.4 Å². The Kier molecular flexibility index (Phi) is 6.83. The van der Waals surface area contributed by atoms with Gasteiger partial charge >= 0.3 is 0 Å². The van der Waals surface area contributed by atoms with Gasteiger partial charge in [-0.2, -0.15) is 0 Å². The average molecular weight is 361 g/mol. The van der Waals surface area contributed by atoms with Crippen LogP contribution in [-0.4, -0.2) is 18.4 Å². The van der Waals surface area contributed by atoms with Crippen molar-refractivity contribution in [2.24, 2.45) is 5.73 Å². The third kappa shape index (κ3) is 5.80. The molecule has 0 fully saturated rings. The molecule has 0 aromatic heterocycles. The van der Waals surface area contributed by atoms with E-state index in [1.807, 2.05) is 19.1 Å². The van der Waals surface area contributed by atoms with Gasteiger partial charge in [-0.15, -0.1) is 0 Å². The monoisotopic (exact) mass is 360 g/mol. The molecule has 0 saturated heterocycles. The van der Waals surface area contributed by atoms with E-state index < -0.39 is 11.9 Å². The summed E-state index contributed by atoms with van der Waals surface area (Å²) in [6.45, 7) is 2.29. The van der Waals surface area contributed by atoms with Gasteiger partial charge in [-0.05, 0) is 42.7 Å². The Morgan fingerprint density at radius 2 is 1.92 bits per heavy atom. The van der Waals surface area contributed by atoms with Crippen molar-refractivity contribution in [1.82, 2.24) is 5.32 Å². The van der Waals surface area contributed by atoms with E-state index in [0.717, 1.165) is 5.56 Å². The van der Waals surface area contributed by atoms with Gasteiger partial charge in [-0.3, -0.25) is 9.59 Å². The number of nitrogens with one attached hydrogen (secondary N) is 1. The van der Waals surface area contributed by atoms with Crippen LogP contribution in [0.2, 0.25) is 5.02 Å². The minimum atomic E-state index is -0.825. The highest BCUT2D eigenvalue weighted by Gasteiger charge is 2.19. The Labute approximate surface area is 152 Å². The predicted molar refractivity (Wildman–Crippen MR) is 97.4 cm³/mol. The third-order valence-corrected chi connectivity index (χ3v) is 4.09. The highest BCUT2D eigenvalue weighted by molar-refractivity contribution is 6.31. The fourth-order valence-electron chi connectivity index (χ4n) is 2.33. The molecule has 132 valence electrons. The van der Waals surface area contributed by atoms with E-state index >= 15 is 0 Å². The molecule has 6 heteroatoms. The van der Waals surface area contributed by atoms with Crippen molar-refractivity contribution in [2.75, 3.05) is 6.61 Å². The van der Waals surface area contributed by atoms with Gasteiger partial charge in [0.25, 0.3) is 0 Å². The number of carbonyl (C=O) groups is 2. The minimum absolute atomic E-state index is 0.239. The number of benzene rings is 2. The zero-order valence-corrected chi connectivity index (χ0v) is 14.8. The summed E-state index contributed by atoms with van der Waals surface area (Å²) in [7, 11) is 0. The fourth-order valence-corrected chi connectivity index (χ4v) is 2.44. The number of nitrogens with two attached hydrogens (primary N) is 1. The Bertz CT molecular complexity index is 735. The molecule has 0 saturated carbocycles. The molecule has 0 aliphatic carbocycles. The standard InChI is InChI=1S/C19H21ClN2O3/c1-13-12-15(9-10-16(13)20)25-11-5-8-17(23)22-18(19(21)24)14-6-3-2-4-7-14/h2-4,6-7,9-10,12,18H,5,8,11H2,1H3,(H2,21,24)(H,22,23)/t18-/m0/s1. The van der Waals surface area contributed by atoms with E-state index in [4.69, 9.17) is 22.1 Å². The van der Waals surface area contributed by atoms with E-state index in [0.29, 0.717) is 29.4 Å². The van der Waals surface area contributed by atoms with Gasteiger partial charge in [0.15, 0.2) is 0 Å². The van der Waals surface area contributed by atoms with Crippen LogP contribution >= 0.6 is 11.6 Å². The number of hydrogen-bond donors (Lipinski definition) is 2. The molecule has 2 aromatic carbocycles. The molecule has 2 amide bonds. The zero-order chi connectivity index (χ0) is 18.2. The minimum Gasteiger partial charge on any atom is -0.494 e. The highest BCUT2D eigenvalue weighted by atomic mass is 35.5. The number of ether oxygens (including phenoxy) is 1. The molecule has 0 spiro atoms. The molecule has 0 unspecified atom stereocenters. The Hall–Kier alpha value is -2.53. The van der Waals surface area contributed by atoms with E-state index in [1.165, 1.54) is 0 Å². The number of rotatable bonds is 8. The SMILES string of the molecule is Cc1cc(OCCCC(=O)N[C@H](C(N)=O)c2ccccc2)ccc1Cl.